The van der Waals surface area contributed by atoms with E-state index >= 15 is 0 Å². The second-order valence-corrected chi connectivity index (χ2v) is 6.33. The third kappa shape index (κ3) is 1.70. The van der Waals surface area contributed by atoms with E-state index in [1.54, 1.807) is 0 Å². The molecular formula is C10H18O3S. The van der Waals surface area contributed by atoms with E-state index in [-0.39, 0.29) is 17.8 Å². The average Bonchev–Trinajstić information content (AvgIpc) is 2.50. The second kappa shape index (κ2) is 3.49. The van der Waals surface area contributed by atoms with Crippen LogP contribution < -0.4 is 0 Å². The SMILES string of the molecule is CCCC1CC2CS(=O)(=O)OC2C1C. The second-order valence-electron chi connectivity index (χ2n) is 4.69. The topological polar surface area (TPSA) is 43.4 Å². The Hall–Kier alpha value is -0.0900. The zero-order valence-electron chi connectivity index (χ0n) is 8.77. The van der Waals surface area contributed by atoms with E-state index in [4.69, 9.17) is 4.18 Å². The van der Waals surface area contributed by atoms with E-state index < -0.39 is 10.1 Å². The molecule has 0 spiro atoms. The van der Waals surface area contributed by atoms with Gasteiger partial charge in [0.15, 0.2) is 0 Å². The lowest BCUT2D eigenvalue weighted by Gasteiger charge is -2.17. The monoisotopic (exact) mass is 218 g/mol. The Balaban J connectivity index is 2.07. The van der Waals surface area contributed by atoms with Crippen LogP contribution in [-0.2, 0) is 14.3 Å². The highest BCUT2D eigenvalue weighted by Gasteiger charge is 2.49. The van der Waals surface area contributed by atoms with Gasteiger partial charge in [0.2, 0.25) is 0 Å². The lowest BCUT2D eigenvalue weighted by atomic mass is 9.93. The van der Waals surface area contributed by atoms with Crippen molar-refractivity contribution in [2.75, 3.05) is 5.75 Å². The molecule has 1 heterocycles. The third-order valence-electron chi connectivity index (χ3n) is 3.67. The van der Waals surface area contributed by atoms with Gasteiger partial charge in [-0.25, -0.2) is 0 Å². The van der Waals surface area contributed by atoms with Crippen LogP contribution in [0.3, 0.4) is 0 Å². The molecule has 0 bridgehead atoms. The molecule has 1 saturated heterocycles. The van der Waals surface area contributed by atoms with Crippen molar-refractivity contribution in [2.45, 2.75) is 39.2 Å². The van der Waals surface area contributed by atoms with Gasteiger partial charge in [-0.3, -0.25) is 4.18 Å². The largest absolute Gasteiger partial charge is 0.267 e. The van der Waals surface area contributed by atoms with Gasteiger partial charge in [-0.1, -0.05) is 26.7 Å². The van der Waals surface area contributed by atoms with Crippen molar-refractivity contribution in [3.8, 4) is 0 Å². The normalized spacial score (nSPS) is 45.3. The number of rotatable bonds is 2. The van der Waals surface area contributed by atoms with Crippen LogP contribution in [0.4, 0.5) is 0 Å². The maximum absolute atomic E-state index is 11.2. The lowest BCUT2D eigenvalue weighted by Crippen LogP contribution is -2.19. The summed E-state index contributed by atoms with van der Waals surface area (Å²) in [6.45, 7) is 4.31. The summed E-state index contributed by atoms with van der Waals surface area (Å²) in [7, 11) is -3.18. The van der Waals surface area contributed by atoms with Crippen LogP contribution in [0, 0.1) is 17.8 Å². The number of hydrogen-bond donors (Lipinski definition) is 0. The van der Waals surface area contributed by atoms with Gasteiger partial charge in [-0.05, 0) is 18.3 Å². The minimum Gasteiger partial charge on any atom is -0.266 e. The molecule has 4 atom stereocenters. The summed E-state index contributed by atoms with van der Waals surface area (Å²) in [5.74, 6) is 1.61. The Labute approximate surface area is 86.0 Å². The molecule has 1 aliphatic heterocycles. The molecule has 1 saturated carbocycles. The van der Waals surface area contributed by atoms with Gasteiger partial charge in [0.05, 0.1) is 11.9 Å². The summed E-state index contributed by atoms with van der Waals surface area (Å²) < 4.78 is 27.6. The van der Waals surface area contributed by atoms with Crippen molar-refractivity contribution in [2.24, 2.45) is 17.8 Å². The molecule has 0 radical (unpaired) electrons. The van der Waals surface area contributed by atoms with E-state index in [0.717, 1.165) is 6.42 Å². The number of fused-ring (bicyclic) bond motifs is 1. The van der Waals surface area contributed by atoms with Gasteiger partial charge in [0.25, 0.3) is 10.1 Å². The van der Waals surface area contributed by atoms with Crippen molar-refractivity contribution in [1.82, 2.24) is 0 Å². The van der Waals surface area contributed by atoms with Crippen molar-refractivity contribution in [3.63, 3.8) is 0 Å². The van der Waals surface area contributed by atoms with Crippen molar-refractivity contribution >= 4 is 10.1 Å². The molecule has 4 unspecified atom stereocenters. The minimum absolute atomic E-state index is 0.0171. The summed E-state index contributed by atoms with van der Waals surface area (Å²) in [4.78, 5) is 0. The molecule has 2 fully saturated rings. The fourth-order valence-corrected chi connectivity index (χ4v) is 4.59. The van der Waals surface area contributed by atoms with Crippen LogP contribution in [0.1, 0.15) is 33.1 Å². The number of hydrogen-bond acceptors (Lipinski definition) is 3. The Kier molecular flexibility index (Phi) is 2.60. The summed E-state index contributed by atoms with van der Waals surface area (Å²) in [6, 6.07) is 0. The first kappa shape index (κ1) is 10.4. The highest BCUT2D eigenvalue weighted by Crippen LogP contribution is 2.45. The third-order valence-corrected chi connectivity index (χ3v) is 5.02. The summed E-state index contributed by atoms with van der Waals surface area (Å²) in [5, 5.41) is 0. The van der Waals surface area contributed by atoms with Crippen LogP contribution in [0.15, 0.2) is 0 Å². The minimum atomic E-state index is -3.18. The predicted molar refractivity (Wildman–Crippen MR) is 54.3 cm³/mol. The Morgan fingerprint density at radius 2 is 2.14 bits per heavy atom. The van der Waals surface area contributed by atoms with E-state index in [1.165, 1.54) is 12.8 Å². The molecule has 0 aromatic heterocycles. The first-order valence-electron chi connectivity index (χ1n) is 5.44. The molecular weight excluding hydrogens is 200 g/mol. The molecule has 0 N–H and O–H groups in total. The fourth-order valence-electron chi connectivity index (χ4n) is 2.99. The molecule has 4 heteroatoms. The first-order valence-corrected chi connectivity index (χ1v) is 7.02. The van der Waals surface area contributed by atoms with E-state index in [0.29, 0.717) is 11.8 Å². The summed E-state index contributed by atoms with van der Waals surface area (Å²) in [6.07, 6.45) is 3.41. The Bertz CT molecular complexity index is 309. The van der Waals surface area contributed by atoms with Gasteiger partial charge in [0.1, 0.15) is 0 Å². The maximum atomic E-state index is 11.2. The molecule has 2 aliphatic rings. The van der Waals surface area contributed by atoms with Crippen LogP contribution >= 0.6 is 0 Å². The lowest BCUT2D eigenvalue weighted by molar-refractivity contribution is 0.156. The molecule has 1 aliphatic carbocycles. The molecule has 2 rings (SSSR count). The molecule has 0 aromatic rings. The first-order chi connectivity index (χ1) is 6.53. The maximum Gasteiger partial charge on any atom is 0.267 e. The van der Waals surface area contributed by atoms with Crippen molar-refractivity contribution < 1.29 is 12.6 Å². The van der Waals surface area contributed by atoms with Crippen molar-refractivity contribution in [3.05, 3.63) is 0 Å². The fraction of sp³-hybridized carbons (Fsp3) is 1.00. The van der Waals surface area contributed by atoms with Crippen LogP contribution in [-0.4, -0.2) is 20.3 Å². The predicted octanol–water partition coefficient (Wildman–Crippen LogP) is 1.79. The van der Waals surface area contributed by atoms with Crippen molar-refractivity contribution in [1.29, 1.82) is 0 Å². The van der Waals surface area contributed by atoms with Gasteiger partial charge in [-0.2, -0.15) is 8.42 Å². The van der Waals surface area contributed by atoms with Gasteiger partial charge in [-0.15, -0.1) is 0 Å². The highest BCUT2D eigenvalue weighted by atomic mass is 32.2. The molecule has 0 amide bonds. The summed E-state index contributed by atoms with van der Waals surface area (Å²) >= 11 is 0. The van der Waals surface area contributed by atoms with E-state index in [2.05, 4.69) is 13.8 Å². The summed E-state index contributed by atoms with van der Waals surface area (Å²) in [5.41, 5.74) is 0. The van der Waals surface area contributed by atoms with Crippen LogP contribution in [0.25, 0.3) is 0 Å². The molecule has 0 aromatic carbocycles. The van der Waals surface area contributed by atoms with Crippen LogP contribution in [0.5, 0.6) is 0 Å². The van der Waals surface area contributed by atoms with Gasteiger partial charge < -0.3 is 0 Å². The van der Waals surface area contributed by atoms with E-state index in [1.807, 2.05) is 0 Å². The van der Waals surface area contributed by atoms with Crippen LogP contribution in [0.2, 0.25) is 0 Å². The Morgan fingerprint density at radius 1 is 1.43 bits per heavy atom. The zero-order chi connectivity index (χ0) is 10.3. The smallest absolute Gasteiger partial charge is 0.266 e. The van der Waals surface area contributed by atoms with E-state index in [9.17, 15) is 8.42 Å². The standard InChI is InChI=1S/C10H18O3S/c1-3-4-8-5-9-6-14(11,12)13-10(9)7(8)2/h7-10H,3-6H2,1-2H3. The molecule has 3 nitrogen and oxygen atoms in total. The van der Waals surface area contributed by atoms with Gasteiger partial charge in [0, 0.05) is 5.92 Å². The highest BCUT2D eigenvalue weighted by molar-refractivity contribution is 7.86. The molecule has 82 valence electrons. The van der Waals surface area contributed by atoms with Gasteiger partial charge >= 0.3 is 0 Å². The molecule has 14 heavy (non-hydrogen) atoms. The quantitative estimate of drug-likeness (QED) is 0.664. The zero-order valence-corrected chi connectivity index (χ0v) is 9.59. The average molecular weight is 218 g/mol. The Morgan fingerprint density at radius 3 is 2.71 bits per heavy atom.